The Morgan fingerprint density at radius 1 is 1.47 bits per heavy atom. The van der Waals surface area contributed by atoms with Crippen molar-refractivity contribution in [3.8, 4) is 0 Å². The SMILES string of the molecule is NC1(CNc2ncc([N+](=O)[O-])cc2Br)CCCCC1. The number of nitrogens with two attached hydrogens (primary N) is 1. The molecule has 0 aromatic carbocycles. The zero-order valence-electron chi connectivity index (χ0n) is 10.6. The molecule has 19 heavy (non-hydrogen) atoms. The van der Waals surface area contributed by atoms with Crippen molar-refractivity contribution in [2.24, 2.45) is 5.73 Å². The van der Waals surface area contributed by atoms with Gasteiger partial charge in [0.1, 0.15) is 12.0 Å². The number of nitrogens with zero attached hydrogens (tertiary/aromatic N) is 2. The quantitative estimate of drug-likeness (QED) is 0.654. The van der Waals surface area contributed by atoms with Gasteiger partial charge in [-0.25, -0.2) is 4.98 Å². The van der Waals surface area contributed by atoms with E-state index in [1.807, 2.05) is 0 Å². The molecule has 0 atom stereocenters. The molecule has 0 unspecified atom stereocenters. The summed E-state index contributed by atoms with van der Waals surface area (Å²) in [6.45, 7) is 0.635. The smallest absolute Gasteiger partial charge is 0.288 e. The van der Waals surface area contributed by atoms with Crippen molar-refractivity contribution in [2.45, 2.75) is 37.6 Å². The Balaban J connectivity index is 2.01. The molecule has 3 N–H and O–H groups in total. The molecule has 2 rings (SSSR count). The van der Waals surface area contributed by atoms with Crippen molar-refractivity contribution in [1.29, 1.82) is 0 Å². The van der Waals surface area contributed by atoms with E-state index < -0.39 is 4.92 Å². The van der Waals surface area contributed by atoms with Gasteiger partial charge in [0.05, 0.1) is 9.40 Å². The summed E-state index contributed by atoms with van der Waals surface area (Å²) in [5, 5.41) is 13.8. The lowest BCUT2D eigenvalue weighted by Gasteiger charge is -2.33. The summed E-state index contributed by atoms with van der Waals surface area (Å²) in [5.41, 5.74) is 6.10. The first-order valence-corrected chi connectivity index (χ1v) is 7.12. The summed E-state index contributed by atoms with van der Waals surface area (Å²) in [6.07, 6.45) is 6.82. The fourth-order valence-corrected chi connectivity index (χ4v) is 2.83. The maximum Gasteiger partial charge on any atom is 0.288 e. The normalized spacial score (nSPS) is 18.0. The average Bonchev–Trinajstić information content (AvgIpc) is 2.38. The molecule has 0 radical (unpaired) electrons. The second-order valence-electron chi connectivity index (χ2n) is 5.06. The lowest BCUT2D eigenvalue weighted by molar-refractivity contribution is -0.385. The monoisotopic (exact) mass is 328 g/mol. The fraction of sp³-hybridized carbons (Fsp3) is 0.583. The number of hydrogen-bond acceptors (Lipinski definition) is 5. The molecular weight excluding hydrogens is 312 g/mol. The first kappa shape index (κ1) is 14.2. The van der Waals surface area contributed by atoms with Crippen molar-refractivity contribution in [3.63, 3.8) is 0 Å². The molecule has 1 fully saturated rings. The summed E-state index contributed by atoms with van der Waals surface area (Å²) >= 11 is 3.29. The van der Waals surface area contributed by atoms with Crippen molar-refractivity contribution >= 4 is 27.4 Å². The molecule has 1 aliphatic carbocycles. The van der Waals surface area contributed by atoms with Crippen molar-refractivity contribution < 1.29 is 4.92 Å². The number of halogens is 1. The number of nitro groups is 1. The largest absolute Gasteiger partial charge is 0.367 e. The molecule has 1 aromatic rings. The first-order chi connectivity index (χ1) is 9.00. The molecule has 7 heteroatoms. The van der Waals surface area contributed by atoms with Crippen LogP contribution in [0.2, 0.25) is 0 Å². The Hall–Kier alpha value is -1.21. The minimum Gasteiger partial charge on any atom is -0.367 e. The summed E-state index contributed by atoms with van der Waals surface area (Å²) in [5.74, 6) is 0.598. The van der Waals surface area contributed by atoms with Crippen LogP contribution in [-0.2, 0) is 0 Å². The van der Waals surface area contributed by atoms with Crippen LogP contribution in [0, 0.1) is 10.1 Å². The van der Waals surface area contributed by atoms with E-state index in [9.17, 15) is 10.1 Å². The fourth-order valence-electron chi connectivity index (χ4n) is 2.35. The van der Waals surface area contributed by atoms with Gasteiger partial charge in [-0.15, -0.1) is 0 Å². The van der Waals surface area contributed by atoms with E-state index in [0.717, 1.165) is 25.7 Å². The van der Waals surface area contributed by atoms with E-state index in [1.165, 1.54) is 18.7 Å². The van der Waals surface area contributed by atoms with Crippen LogP contribution in [0.1, 0.15) is 32.1 Å². The van der Waals surface area contributed by atoms with E-state index >= 15 is 0 Å². The maximum absolute atomic E-state index is 10.6. The highest BCUT2D eigenvalue weighted by Crippen LogP contribution is 2.28. The molecule has 1 aromatic heterocycles. The van der Waals surface area contributed by atoms with Gasteiger partial charge in [0.25, 0.3) is 5.69 Å². The molecule has 0 spiro atoms. The predicted molar refractivity (Wildman–Crippen MR) is 77.1 cm³/mol. The lowest BCUT2D eigenvalue weighted by atomic mass is 9.82. The average molecular weight is 329 g/mol. The number of rotatable bonds is 4. The number of aromatic nitrogens is 1. The molecule has 0 saturated heterocycles. The minimum absolute atomic E-state index is 0.0300. The van der Waals surface area contributed by atoms with Crippen LogP contribution < -0.4 is 11.1 Å². The molecule has 104 valence electrons. The summed E-state index contributed by atoms with van der Waals surface area (Å²) in [7, 11) is 0. The van der Waals surface area contributed by atoms with E-state index in [-0.39, 0.29) is 11.2 Å². The van der Waals surface area contributed by atoms with Crippen molar-refractivity contribution in [3.05, 3.63) is 26.9 Å². The van der Waals surface area contributed by atoms with Gasteiger partial charge in [0.15, 0.2) is 0 Å². The van der Waals surface area contributed by atoms with Crippen LogP contribution >= 0.6 is 15.9 Å². The molecule has 0 amide bonds. The van der Waals surface area contributed by atoms with Gasteiger partial charge in [-0.2, -0.15) is 0 Å². The molecule has 0 bridgehead atoms. The molecule has 1 aliphatic rings. The van der Waals surface area contributed by atoms with E-state index in [2.05, 4.69) is 26.2 Å². The van der Waals surface area contributed by atoms with Gasteiger partial charge in [-0.3, -0.25) is 10.1 Å². The van der Waals surface area contributed by atoms with E-state index in [4.69, 9.17) is 5.73 Å². The molecular formula is C12H17BrN4O2. The van der Waals surface area contributed by atoms with Gasteiger partial charge in [0.2, 0.25) is 0 Å². The minimum atomic E-state index is -0.465. The highest BCUT2D eigenvalue weighted by atomic mass is 79.9. The van der Waals surface area contributed by atoms with Crippen LogP contribution in [0.25, 0.3) is 0 Å². The van der Waals surface area contributed by atoms with E-state index in [1.54, 1.807) is 0 Å². The van der Waals surface area contributed by atoms with Crippen LogP contribution in [0.15, 0.2) is 16.7 Å². The van der Waals surface area contributed by atoms with Crippen molar-refractivity contribution in [2.75, 3.05) is 11.9 Å². The summed E-state index contributed by atoms with van der Waals surface area (Å²) in [6, 6.07) is 1.44. The Morgan fingerprint density at radius 3 is 2.74 bits per heavy atom. The third-order valence-corrected chi connectivity index (χ3v) is 4.10. The summed E-state index contributed by atoms with van der Waals surface area (Å²) in [4.78, 5) is 14.2. The lowest BCUT2D eigenvalue weighted by Crippen LogP contribution is -2.47. The van der Waals surface area contributed by atoms with Crippen LogP contribution in [0.5, 0.6) is 0 Å². The third-order valence-electron chi connectivity index (χ3n) is 3.49. The Kier molecular flexibility index (Phi) is 4.36. The Morgan fingerprint density at radius 2 is 2.16 bits per heavy atom. The number of pyridine rings is 1. The zero-order valence-corrected chi connectivity index (χ0v) is 12.1. The first-order valence-electron chi connectivity index (χ1n) is 6.33. The predicted octanol–water partition coefficient (Wildman–Crippen LogP) is 2.83. The molecule has 0 aliphatic heterocycles. The van der Waals surface area contributed by atoms with Gasteiger partial charge < -0.3 is 11.1 Å². The van der Waals surface area contributed by atoms with Gasteiger partial charge in [-0.05, 0) is 28.8 Å². The number of hydrogen-bond donors (Lipinski definition) is 2. The zero-order chi connectivity index (χ0) is 13.9. The molecule has 1 saturated carbocycles. The van der Waals surface area contributed by atoms with Gasteiger partial charge in [-0.1, -0.05) is 19.3 Å². The highest BCUT2D eigenvalue weighted by Gasteiger charge is 2.27. The van der Waals surface area contributed by atoms with Crippen LogP contribution in [0.4, 0.5) is 11.5 Å². The van der Waals surface area contributed by atoms with E-state index in [0.29, 0.717) is 16.8 Å². The van der Waals surface area contributed by atoms with Crippen LogP contribution in [-0.4, -0.2) is 22.0 Å². The molecule has 1 heterocycles. The Bertz CT molecular complexity index is 475. The molecule has 6 nitrogen and oxygen atoms in total. The topological polar surface area (TPSA) is 94.1 Å². The van der Waals surface area contributed by atoms with Crippen LogP contribution in [0.3, 0.4) is 0 Å². The second-order valence-corrected chi connectivity index (χ2v) is 5.91. The van der Waals surface area contributed by atoms with Gasteiger partial charge in [0, 0.05) is 18.2 Å². The second kappa shape index (κ2) is 5.83. The highest BCUT2D eigenvalue weighted by molar-refractivity contribution is 9.10. The van der Waals surface area contributed by atoms with Crippen molar-refractivity contribution in [1.82, 2.24) is 4.98 Å². The standard InChI is InChI=1S/C12H17BrN4O2/c13-10-6-9(17(18)19)7-15-11(10)16-8-12(14)4-2-1-3-5-12/h6-7H,1-5,8,14H2,(H,15,16). The maximum atomic E-state index is 10.6. The number of anilines is 1. The third kappa shape index (κ3) is 3.63. The van der Waals surface area contributed by atoms with Gasteiger partial charge >= 0.3 is 0 Å². The number of nitrogens with one attached hydrogen (secondary N) is 1. The summed E-state index contributed by atoms with van der Waals surface area (Å²) < 4.78 is 0.584. The Labute approximate surface area is 120 Å².